The molecule has 1 fully saturated rings. The Morgan fingerprint density at radius 1 is 1.53 bits per heavy atom. The van der Waals surface area contributed by atoms with Crippen LogP contribution in [0.1, 0.15) is 6.42 Å². The van der Waals surface area contributed by atoms with Crippen LogP contribution >= 0.6 is 0 Å². The number of nitro groups is 1. The van der Waals surface area contributed by atoms with E-state index in [9.17, 15) is 10.1 Å². The molecule has 0 radical (unpaired) electrons. The molecule has 1 aromatic heterocycles. The lowest BCUT2D eigenvalue weighted by Gasteiger charge is -2.20. The van der Waals surface area contributed by atoms with E-state index in [0.29, 0.717) is 6.04 Å². The molecule has 1 aliphatic heterocycles. The highest BCUT2D eigenvalue weighted by molar-refractivity contribution is 5.47. The van der Waals surface area contributed by atoms with E-state index in [0.717, 1.165) is 25.2 Å². The van der Waals surface area contributed by atoms with Gasteiger partial charge in [0.05, 0.1) is 5.69 Å². The first-order valence-electron chi connectivity index (χ1n) is 5.60. The molecular formula is C11H16N4O2. The van der Waals surface area contributed by atoms with Gasteiger partial charge in [-0.1, -0.05) is 0 Å². The van der Waals surface area contributed by atoms with Crippen molar-refractivity contribution in [2.45, 2.75) is 12.5 Å². The largest absolute Gasteiger partial charge is 0.367 e. The SMILES string of the molecule is CN(C)C1CCN(c2ccc([N+](=O)[O-])nc2)C1. The summed E-state index contributed by atoms with van der Waals surface area (Å²) in [5, 5.41) is 10.5. The number of hydrogen-bond donors (Lipinski definition) is 0. The first-order valence-corrected chi connectivity index (χ1v) is 5.60. The number of anilines is 1. The molecule has 1 atom stereocenters. The predicted molar refractivity (Wildman–Crippen MR) is 65.2 cm³/mol. The van der Waals surface area contributed by atoms with Crippen LogP contribution < -0.4 is 4.90 Å². The van der Waals surface area contributed by atoms with E-state index in [4.69, 9.17) is 0 Å². The molecule has 92 valence electrons. The van der Waals surface area contributed by atoms with E-state index in [1.807, 2.05) is 0 Å². The van der Waals surface area contributed by atoms with Gasteiger partial charge in [-0.05, 0) is 36.5 Å². The van der Waals surface area contributed by atoms with E-state index in [1.54, 1.807) is 12.3 Å². The van der Waals surface area contributed by atoms with Crippen LogP contribution in [0.3, 0.4) is 0 Å². The van der Waals surface area contributed by atoms with Gasteiger partial charge in [-0.3, -0.25) is 0 Å². The number of aromatic nitrogens is 1. The maximum absolute atomic E-state index is 10.5. The molecule has 17 heavy (non-hydrogen) atoms. The van der Waals surface area contributed by atoms with Gasteiger partial charge in [0.2, 0.25) is 0 Å². The van der Waals surface area contributed by atoms with Crippen molar-refractivity contribution in [2.24, 2.45) is 0 Å². The predicted octanol–water partition coefficient (Wildman–Crippen LogP) is 1.13. The van der Waals surface area contributed by atoms with E-state index < -0.39 is 4.92 Å². The number of nitrogens with zero attached hydrogens (tertiary/aromatic N) is 4. The Morgan fingerprint density at radius 2 is 2.29 bits per heavy atom. The maximum Gasteiger partial charge on any atom is 0.363 e. The zero-order valence-corrected chi connectivity index (χ0v) is 10.0. The van der Waals surface area contributed by atoms with Crippen molar-refractivity contribution in [2.75, 3.05) is 32.1 Å². The smallest absolute Gasteiger partial charge is 0.363 e. The molecule has 2 heterocycles. The van der Waals surface area contributed by atoms with Gasteiger partial charge in [0.1, 0.15) is 0 Å². The molecule has 0 bridgehead atoms. The number of pyridine rings is 1. The minimum absolute atomic E-state index is 0.0999. The van der Waals surface area contributed by atoms with Crippen molar-refractivity contribution in [3.05, 3.63) is 28.4 Å². The van der Waals surface area contributed by atoms with E-state index in [2.05, 4.69) is 28.9 Å². The summed E-state index contributed by atoms with van der Waals surface area (Å²) in [6, 6.07) is 3.77. The highest BCUT2D eigenvalue weighted by atomic mass is 16.6. The summed E-state index contributed by atoms with van der Waals surface area (Å²) in [6.45, 7) is 1.93. The number of likely N-dealkylation sites (N-methyl/N-ethyl adjacent to an activating group) is 1. The van der Waals surface area contributed by atoms with Crippen molar-refractivity contribution in [3.63, 3.8) is 0 Å². The molecule has 0 N–H and O–H groups in total. The Kier molecular flexibility index (Phi) is 3.23. The van der Waals surface area contributed by atoms with Crippen molar-refractivity contribution in [1.29, 1.82) is 0 Å². The summed E-state index contributed by atoms with van der Waals surface area (Å²) in [5.41, 5.74) is 0.958. The molecule has 0 aromatic carbocycles. The molecule has 2 rings (SSSR count). The van der Waals surface area contributed by atoms with Crippen LogP contribution in [0.4, 0.5) is 11.5 Å². The molecular weight excluding hydrogens is 220 g/mol. The Bertz CT molecular complexity index is 404. The van der Waals surface area contributed by atoms with Gasteiger partial charge in [0.25, 0.3) is 0 Å². The van der Waals surface area contributed by atoms with Crippen LogP contribution in [0, 0.1) is 10.1 Å². The summed E-state index contributed by atoms with van der Waals surface area (Å²) < 4.78 is 0. The second-order valence-corrected chi connectivity index (χ2v) is 4.48. The molecule has 0 amide bonds. The zero-order chi connectivity index (χ0) is 12.4. The van der Waals surface area contributed by atoms with E-state index in [-0.39, 0.29) is 5.82 Å². The highest BCUT2D eigenvalue weighted by Gasteiger charge is 2.25. The first kappa shape index (κ1) is 11.8. The third-order valence-corrected chi connectivity index (χ3v) is 3.18. The zero-order valence-electron chi connectivity index (χ0n) is 10.0. The molecule has 1 unspecified atom stereocenters. The fourth-order valence-corrected chi connectivity index (χ4v) is 2.07. The van der Waals surface area contributed by atoms with E-state index in [1.165, 1.54) is 6.07 Å². The van der Waals surface area contributed by atoms with Crippen molar-refractivity contribution in [3.8, 4) is 0 Å². The van der Waals surface area contributed by atoms with Gasteiger partial charge >= 0.3 is 5.82 Å². The number of hydrogen-bond acceptors (Lipinski definition) is 5. The molecule has 0 saturated carbocycles. The second kappa shape index (κ2) is 4.67. The van der Waals surface area contributed by atoms with Crippen LogP contribution in [0.5, 0.6) is 0 Å². The molecule has 1 saturated heterocycles. The quantitative estimate of drug-likeness (QED) is 0.581. The number of rotatable bonds is 3. The summed E-state index contributed by atoms with van der Waals surface area (Å²) in [7, 11) is 4.14. The van der Waals surface area contributed by atoms with Gasteiger partial charge in [0.15, 0.2) is 6.20 Å². The second-order valence-electron chi connectivity index (χ2n) is 4.48. The first-order chi connectivity index (χ1) is 8.08. The van der Waals surface area contributed by atoms with Crippen LogP contribution in [-0.2, 0) is 0 Å². The molecule has 1 aliphatic rings. The van der Waals surface area contributed by atoms with Crippen LogP contribution in [0.15, 0.2) is 18.3 Å². The van der Waals surface area contributed by atoms with E-state index >= 15 is 0 Å². The Balaban J connectivity index is 2.06. The third kappa shape index (κ3) is 2.52. The minimum atomic E-state index is -0.476. The lowest BCUT2D eigenvalue weighted by atomic mass is 10.2. The molecule has 6 nitrogen and oxygen atoms in total. The van der Waals surface area contributed by atoms with Crippen molar-refractivity contribution >= 4 is 11.5 Å². The molecule has 0 aliphatic carbocycles. The summed E-state index contributed by atoms with van der Waals surface area (Å²) in [6.07, 6.45) is 2.69. The fraction of sp³-hybridized carbons (Fsp3) is 0.545. The van der Waals surface area contributed by atoms with Crippen LogP contribution in [0.25, 0.3) is 0 Å². The highest BCUT2D eigenvalue weighted by Crippen LogP contribution is 2.22. The lowest BCUT2D eigenvalue weighted by molar-refractivity contribution is -0.389. The Hall–Kier alpha value is -1.69. The normalized spacial score (nSPS) is 19.9. The van der Waals surface area contributed by atoms with Crippen LogP contribution in [0.2, 0.25) is 0 Å². The van der Waals surface area contributed by atoms with Crippen molar-refractivity contribution in [1.82, 2.24) is 9.88 Å². The molecule has 1 aromatic rings. The average Bonchev–Trinajstić information content (AvgIpc) is 2.78. The summed E-state index contributed by atoms with van der Waals surface area (Å²) in [4.78, 5) is 18.3. The lowest BCUT2D eigenvalue weighted by Crippen LogP contribution is -2.31. The van der Waals surface area contributed by atoms with Gasteiger partial charge in [-0.15, -0.1) is 0 Å². The maximum atomic E-state index is 10.5. The Labute approximate surface area is 100 Å². The van der Waals surface area contributed by atoms with Gasteiger partial charge in [-0.25, -0.2) is 0 Å². The van der Waals surface area contributed by atoms with Crippen LogP contribution in [-0.4, -0.2) is 48.0 Å². The van der Waals surface area contributed by atoms with Gasteiger partial charge in [0, 0.05) is 25.2 Å². The Morgan fingerprint density at radius 3 is 2.76 bits per heavy atom. The molecule has 6 heteroatoms. The summed E-state index contributed by atoms with van der Waals surface area (Å²) in [5.74, 6) is -0.0999. The minimum Gasteiger partial charge on any atom is -0.367 e. The summed E-state index contributed by atoms with van der Waals surface area (Å²) >= 11 is 0. The standard InChI is InChI=1S/C11H16N4O2/c1-13(2)10-5-6-14(8-10)9-3-4-11(12-7-9)15(16)17/h3-4,7,10H,5-6,8H2,1-2H3. The fourth-order valence-electron chi connectivity index (χ4n) is 2.07. The van der Waals surface area contributed by atoms with Crippen molar-refractivity contribution < 1.29 is 4.92 Å². The van der Waals surface area contributed by atoms with Gasteiger partial charge in [-0.2, -0.15) is 0 Å². The van der Waals surface area contributed by atoms with Gasteiger partial charge < -0.3 is 19.9 Å². The monoisotopic (exact) mass is 236 g/mol. The third-order valence-electron chi connectivity index (χ3n) is 3.18. The molecule has 0 spiro atoms. The topological polar surface area (TPSA) is 62.5 Å². The average molecular weight is 236 g/mol.